The Morgan fingerprint density at radius 2 is 1.62 bits per heavy atom. The number of amides is 1. The molecule has 2 heterocycles. The summed E-state index contributed by atoms with van der Waals surface area (Å²) < 4.78 is 37.0. The van der Waals surface area contributed by atoms with Crippen LogP contribution in [0.4, 0.5) is 19.0 Å². The minimum atomic E-state index is -4.98. The molecule has 5 nitrogen and oxygen atoms in total. The minimum absolute atomic E-state index is 0.146. The van der Waals surface area contributed by atoms with Gasteiger partial charge in [0.25, 0.3) is 11.7 Å². The first-order valence-electron chi connectivity index (χ1n) is 5.67. The lowest BCUT2D eigenvalue weighted by Crippen LogP contribution is -2.23. The maximum Gasteiger partial charge on any atom is 0.454 e. The molecule has 0 radical (unpaired) electrons. The van der Waals surface area contributed by atoms with Crippen LogP contribution in [0.5, 0.6) is 0 Å². The van der Waals surface area contributed by atoms with E-state index in [-0.39, 0.29) is 11.4 Å². The van der Waals surface area contributed by atoms with E-state index in [4.69, 9.17) is 0 Å². The van der Waals surface area contributed by atoms with Gasteiger partial charge in [-0.3, -0.25) is 14.6 Å². The van der Waals surface area contributed by atoms with Crippen molar-refractivity contribution >= 4 is 17.5 Å². The molecular weight excluding hydrogens is 287 g/mol. The highest BCUT2D eigenvalue weighted by atomic mass is 19.4. The van der Waals surface area contributed by atoms with E-state index in [2.05, 4.69) is 15.3 Å². The monoisotopic (exact) mass is 295 g/mol. The zero-order valence-corrected chi connectivity index (χ0v) is 10.4. The summed E-state index contributed by atoms with van der Waals surface area (Å²) in [5.74, 6) is -2.71. The van der Waals surface area contributed by atoms with E-state index in [0.717, 1.165) is 18.3 Å². The highest BCUT2D eigenvalue weighted by molar-refractivity contribution is 6.05. The topological polar surface area (TPSA) is 72.0 Å². The molecule has 0 unspecified atom stereocenters. The van der Waals surface area contributed by atoms with Crippen LogP contribution in [0.3, 0.4) is 0 Å². The van der Waals surface area contributed by atoms with Crippen LogP contribution in [0.15, 0.2) is 42.9 Å². The predicted molar refractivity (Wildman–Crippen MR) is 66.8 cm³/mol. The van der Waals surface area contributed by atoms with Crippen LogP contribution in [0.25, 0.3) is 0 Å². The van der Waals surface area contributed by atoms with Crippen molar-refractivity contribution in [3.05, 3.63) is 54.0 Å². The summed E-state index contributed by atoms with van der Waals surface area (Å²) in [5, 5.41) is 2.31. The molecule has 21 heavy (non-hydrogen) atoms. The Morgan fingerprint density at radius 1 is 1.00 bits per heavy atom. The molecule has 2 aromatic rings. The maximum absolute atomic E-state index is 12.3. The second-order valence-corrected chi connectivity index (χ2v) is 3.95. The van der Waals surface area contributed by atoms with E-state index in [0.29, 0.717) is 0 Å². The molecule has 0 aliphatic carbocycles. The van der Waals surface area contributed by atoms with Gasteiger partial charge < -0.3 is 5.32 Å². The van der Waals surface area contributed by atoms with E-state index in [1.54, 1.807) is 0 Å². The van der Waals surface area contributed by atoms with Gasteiger partial charge in [-0.2, -0.15) is 13.2 Å². The highest BCUT2D eigenvalue weighted by Crippen LogP contribution is 2.22. The van der Waals surface area contributed by atoms with Gasteiger partial charge >= 0.3 is 6.18 Å². The fraction of sp³-hybridized carbons (Fsp3) is 0.0769. The van der Waals surface area contributed by atoms with Gasteiger partial charge in [0.05, 0.1) is 0 Å². The number of Topliss-reactive ketones (excluding diaryl/α,β-unsaturated/α-hetero) is 1. The zero-order valence-electron chi connectivity index (χ0n) is 10.4. The fourth-order valence-electron chi connectivity index (χ4n) is 1.50. The number of hydrogen-bond donors (Lipinski definition) is 1. The average molecular weight is 295 g/mol. The van der Waals surface area contributed by atoms with Crippen LogP contribution in [-0.4, -0.2) is 27.8 Å². The van der Waals surface area contributed by atoms with Crippen molar-refractivity contribution in [3.8, 4) is 0 Å². The lowest BCUT2D eigenvalue weighted by atomic mass is 10.1. The number of nitrogens with one attached hydrogen (secondary N) is 1. The van der Waals surface area contributed by atoms with Crippen LogP contribution >= 0.6 is 0 Å². The smallest absolute Gasteiger partial charge is 0.307 e. The molecule has 0 bridgehead atoms. The molecular formula is C13H8F3N3O2. The molecule has 1 amide bonds. The Kier molecular flexibility index (Phi) is 3.97. The SMILES string of the molecule is O=C(Nc1cc(C(=O)C(F)(F)F)ccn1)c1ccncc1. The van der Waals surface area contributed by atoms with Gasteiger partial charge in [-0.25, -0.2) is 4.98 Å². The van der Waals surface area contributed by atoms with Gasteiger partial charge in [-0.05, 0) is 24.3 Å². The quantitative estimate of drug-likeness (QED) is 0.883. The molecule has 0 aliphatic heterocycles. The van der Waals surface area contributed by atoms with Gasteiger partial charge in [0.1, 0.15) is 5.82 Å². The number of ketones is 1. The Hall–Kier alpha value is -2.77. The summed E-state index contributed by atoms with van der Waals surface area (Å²) in [6.45, 7) is 0. The van der Waals surface area contributed by atoms with Crippen molar-refractivity contribution in [3.63, 3.8) is 0 Å². The van der Waals surface area contributed by atoms with Gasteiger partial charge in [0, 0.05) is 29.7 Å². The molecule has 2 rings (SSSR count). The van der Waals surface area contributed by atoms with Crippen molar-refractivity contribution in [2.45, 2.75) is 6.18 Å². The number of nitrogens with zero attached hydrogens (tertiary/aromatic N) is 2. The number of alkyl halides is 3. The molecule has 0 atom stereocenters. The van der Waals surface area contributed by atoms with Crippen molar-refractivity contribution in [2.75, 3.05) is 5.32 Å². The number of anilines is 1. The number of pyridine rings is 2. The van der Waals surface area contributed by atoms with E-state index >= 15 is 0 Å². The maximum atomic E-state index is 12.3. The summed E-state index contributed by atoms with van der Waals surface area (Å²) in [6.07, 6.45) is -1.17. The molecule has 8 heteroatoms. The Balaban J connectivity index is 2.19. The van der Waals surface area contributed by atoms with Gasteiger partial charge in [0.2, 0.25) is 0 Å². The standard InChI is InChI=1S/C13H8F3N3O2/c14-13(15,16)11(20)9-3-6-18-10(7-9)19-12(21)8-1-4-17-5-2-8/h1-7H,(H,18,19,21). The Labute approximate surface area is 116 Å². The second-order valence-electron chi connectivity index (χ2n) is 3.95. The van der Waals surface area contributed by atoms with Crippen LogP contribution < -0.4 is 5.32 Å². The first kappa shape index (κ1) is 14.6. The lowest BCUT2D eigenvalue weighted by Gasteiger charge is -2.07. The summed E-state index contributed by atoms with van der Waals surface area (Å²) in [7, 11) is 0. The molecule has 0 aromatic carbocycles. The number of aromatic nitrogens is 2. The Bertz CT molecular complexity index is 672. The molecule has 0 aliphatic rings. The van der Waals surface area contributed by atoms with Crippen LogP contribution in [0, 0.1) is 0 Å². The molecule has 108 valence electrons. The number of hydrogen-bond acceptors (Lipinski definition) is 4. The molecule has 0 fully saturated rings. The molecule has 2 aromatic heterocycles. The van der Waals surface area contributed by atoms with Gasteiger partial charge in [-0.1, -0.05) is 0 Å². The third-order valence-electron chi connectivity index (χ3n) is 2.46. The predicted octanol–water partition coefficient (Wildman–Crippen LogP) is 2.47. The first-order chi connectivity index (χ1) is 9.88. The normalized spacial score (nSPS) is 11.0. The minimum Gasteiger partial charge on any atom is -0.307 e. The van der Waals surface area contributed by atoms with E-state index in [1.165, 1.54) is 24.5 Å². The zero-order chi connectivity index (χ0) is 15.5. The lowest BCUT2D eigenvalue weighted by molar-refractivity contribution is -0.0885. The largest absolute Gasteiger partial charge is 0.454 e. The average Bonchev–Trinajstić information content (AvgIpc) is 2.46. The van der Waals surface area contributed by atoms with Crippen molar-refractivity contribution in [1.29, 1.82) is 0 Å². The van der Waals surface area contributed by atoms with Crippen molar-refractivity contribution < 1.29 is 22.8 Å². The summed E-state index contributed by atoms with van der Waals surface area (Å²) >= 11 is 0. The van der Waals surface area contributed by atoms with Crippen molar-refractivity contribution in [2.24, 2.45) is 0 Å². The van der Waals surface area contributed by atoms with E-state index in [9.17, 15) is 22.8 Å². The highest BCUT2D eigenvalue weighted by Gasteiger charge is 2.39. The number of carbonyl (C=O) groups is 2. The summed E-state index contributed by atoms with van der Waals surface area (Å²) in [4.78, 5) is 30.3. The molecule has 0 saturated carbocycles. The molecule has 0 spiro atoms. The van der Waals surface area contributed by atoms with Crippen molar-refractivity contribution in [1.82, 2.24) is 9.97 Å². The number of carbonyl (C=O) groups excluding carboxylic acids is 2. The number of halogens is 3. The number of rotatable bonds is 3. The first-order valence-corrected chi connectivity index (χ1v) is 5.67. The second kappa shape index (κ2) is 5.70. The van der Waals surface area contributed by atoms with Crippen LogP contribution in [0.2, 0.25) is 0 Å². The van der Waals surface area contributed by atoms with Crippen LogP contribution in [-0.2, 0) is 0 Å². The summed E-state index contributed by atoms with van der Waals surface area (Å²) in [5.41, 5.74) is -0.332. The van der Waals surface area contributed by atoms with E-state index < -0.39 is 23.4 Å². The van der Waals surface area contributed by atoms with Crippen LogP contribution in [0.1, 0.15) is 20.7 Å². The van der Waals surface area contributed by atoms with Gasteiger partial charge in [0.15, 0.2) is 0 Å². The Morgan fingerprint density at radius 3 is 2.24 bits per heavy atom. The third-order valence-corrected chi connectivity index (χ3v) is 2.46. The van der Waals surface area contributed by atoms with E-state index in [1.807, 2.05) is 0 Å². The molecule has 0 saturated heterocycles. The third kappa shape index (κ3) is 3.62. The van der Waals surface area contributed by atoms with Gasteiger partial charge in [-0.15, -0.1) is 0 Å². The fourth-order valence-corrected chi connectivity index (χ4v) is 1.50. The summed E-state index contributed by atoms with van der Waals surface area (Å²) in [6, 6.07) is 4.66. The molecule has 1 N–H and O–H groups in total.